The van der Waals surface area contributed by atoms with Crippen molar-refractivity contribution in [3.63, 3.8) is 0 Å². The summed E-state index contributed by atoms with van der Waals surface area (Å²) in [6, 6.07) is 17.7. The third-order valence-corrected chi connectivity index (χ3v) is 4.88. The number of benzene rings is 2. The van der Waals surface area contributed by atoms with Crippen LogP contribution in [-0.4, -0.2) is 27.0 Å². The molecular formula is C21H20ClN3O2. The monoisotopic (exact) mass is 381 g/mol. The van der Waals surface area contributed by atoms with Crippen molar-refractivity contribution in [3.05, 3.63) is 71.1 Å². The van der Waals surface area contributed by atoms with Gasteiger partial charge >= 0.3 is 0 Å². The maximum absolute atomic E-state index is 12.7. The van der Waals surface area contributed by atoms with E-state index in [9.17, 15) is 4.79 Å². The summed E-state index contributed by atoms with van der Waals surface area (Å²) in [5.74, 6) is 1.12. The second-order valence-corrected chi connectivity index (χ2v) is 7.19. The van der Waals surface area contributed by atoms with Crippen LogP contribution in [0.5, 0.6) is 0 Å². The van der Waals surface area contributed by atoms with Gasteiger partial charge in [-0.25, -0.2) is 0 Å². The fourth-order valence-electron chi connectivity index (χ4n) is 3.02. The van der Waals surface area contributed by atoms with Crippen LogP contribution in [0.1, 0.15) is 30.7 Å². The van der Waals surface area contributed by atoms with E-state index >= 15 is 0 Å². The molecule has 0 aliphatic heterocycles. The van der Waals surface area contributed by atoms with E-state index in [1.165, 1.54) is 0 Å². The zero-order chi connectivity index (χ0) is 18.6. The molecule has 4 rings (SSSR count). The van der Waals surface area contributed by atoms with E-state index in [0.29, 0.717) is 42.2 Å². The minimum Gasteiger partial charge on any atom is -0.339 e. The maximum Gasteiger partial charge on any atom is 0.227 e. The Morgan fingerprint density at radius 1 is 1.11 bits per heavy atom. The molecule has 1 fully saturated rings. The molecule has 1 aliphatic rings. The summed E-state index contributed by atoms with van der Waals surface area (Å²) in [5, 5.41) is 4.66. The molecule has 0 saturated heterocycles. The van der Waals surface area contributed by atoms with Gasteiger partial charge in [0.1, 0.15) is 0 Å². The van der Waals surface area contributed by atoms with Gasteiger partial charge in [-0.05, 0) is 42.7 Å². The number of nitrogens with zero attached hydrogens (tertiary/aromatic N) is 3. The maximum atomic E-state index is 12.7. The average molecular weight is 382 g/mol. The van der Waals surface area contributed by atoms with Crippen LogP contribution in [0.15, 0.2) is 59.1 Å². The Labute approximate surface area is 163 Å². The molecule has 0 spiro atoms. The molecule has 0 bridgehead atoms. The highest BCUT2D eigenvalue weighted by Crippen LogP contribution is 2.29. The molecule has 1 saturated carbocycles. The molecule has 3 aromatic rings. The smallest absolute Gasteiger partial charge is 0.227 e. The summed E-state index contributed by atoms with van der Waals surface area (Å²) in [7, 11) is 0. The SMILES string of the molecule is O=C(CCc1nc(-c2ccc(Cl)cc2)no1)N(Cc1ccccc1)C1CC1. The van der Waals surface area contributed by atoms with Crippen LogP contribution in [0.25, 0.3) is 11.4 Å². The third-order valence-electron chi connectivity index (χ3n) is 4.63. The van der Waals surface area contributed by atoms with Crippen molar-refractivity contribution in [2.24, 2.45) is 0 Å². The number of aromatic nitrogens is 2. The first-order valence-corrected chi connectivity index (χ1v) is 9.49. The van der Waals surface area contributed by atoms with Gasteiger partial charge in [-0.3, -0.25) is 4.79 Å². The summed E-state index contributed by atoms with van der Waals surface area (Å²) in [6.45, 7) is 0.657. The topological polar surface area (TPSA) is 59.2 Å². The molecular weight excluding hydrogens is 362 g/mol. The molecule has 0 atom stereocenters. The van der Waals surface area contributed by atoms with Crippen LogP contribution >= 0.6 is 11.6 Å². The van der Waals surface area contributed by atoms with Crippen molar-refractivity contribution in [1.29, 1.82) is 0 Å². The van der Waals surface area contributed by atoms with Crippen molar-refractivity contribution >= 4 is 17.5 Å². The molecule has 1 amide bonds. The number of rotatable bonds is 7. The van der Waals surface area contributed by atoms with Gasteiger partial charge in [-0.15, -0.1) is 0 Å². The fraction of sp³-hybridized carbons (Fsp3) is 0.286. The lowest BCUT2D eigenvalue weighted by molar-refractivity contribution is -0.132. The quantitative estimate of drug-likeness (QED) is 0.604. The summed E-state index contributed by atoms with van der Waals surface area (Å²) in [4.78, 5) is 19.1. The van der Waals surface area contributed by atoms with Gasteiger partial charge in [-0.2, -0.15) is 4.98 Å². The van der Waals surface area contributed by atoms with Crippen molar-refractivity contribution in [2.75, 3.05) is 0 Å². The lowest BCUT2D eigenvalue weighted by Crippen LogP contribution is -2.32. The van der Waals surface area contributed by atoms with Gasteiger partial charge in [0.05, 0.1) is 0 Å². The van der Waals surface area contributed by atoms with Crippen molar-refractivity contribution in [3.8, 4) is 11.4 Å². The van der Waals surface area contributed by atoms with E-state index in [1.54, 1.807) is 12.1 Å². The predicted molar refractivity (Wildman–Crippen MR) is 103 cm³/mol. The normalized spacial score (nSPS) is 13.5. The third kappa shape index (κ3) is 4.55. The largest absolute Gasteiger partial charge is 0.339 e. The molecule has 1 aromatic heterocycles. The lowest BCUT2D eigenvalue weighted by atomic mass is 10.2. The van der Waals surface area contributed by atoms with E-state index in [-0.39, 0.29) is 5.91 Å². The summed E-state index contributed by atoms with van der Waals surface area (Å²) in [6.07, 6.45) is 2.97. The molecule has 0 unspecified atom stereocenters. The Bertz CT molecular complexity index is 905. The first-order chi connectivity index (χ1) is 13.2. The second kappa shape index (κ2) is 7.92. The molecule has 1 heterocycles. The van der Waals surface area contributed by atoms with Gasteiger partial charge in [0.15, 0.2) is 0 Å². The van der Waals surface area contributed by atoms with Crippen molar-refractivity contribution < 1.29 is 9.32 Å². The van der Waals surface area contributed by atoms with Gasteiger partial charge in [0, 0.05) is 36.0 Å². The Kier molecular flexibility index (Phi) is 5.21. The number of carbonyl (C=O) groups is 1. The predicted octanol–water partition coefficient (Wildman–Crippen LogP) is 4.51. The fourth-order valence-corrected chi connectivity index (χ4v) is 3.14. The van der Waals surface area contributed by atoms with Crippen LogP contribution < -0.4 is 0 Å². The van der Waals surface area contributed by atoms with Gasteiger partial charge < -0.3 is 9.42 Å². The number of halogens is 1. The zero-order valence-corrected chi connectivity index (χ0v) is 15.6. The highest BCUT2D eigenvalue weighted by Gasteiger charge is 2.32. The van der Waals surface area contributed by atoms with E-state index in [2.05, 4.69) is 22.3 Å². The zero-order valence-electron chi connectivity index (χ0n) is 14.8. The first kappa shape index (κ1) is 17.7. The standard InChI is InChI=1S/C21H20ClN3O2/c22-17-8-6-16(7-9-17)21-23-19(27-24-21)12-13-20(26)25(18-10-11-18)14-15-4-2-1-3-5-15/h1-9,18H,10-14H2. The molecule has 0 radical (unpaired) electrons. The lowest BCUT2D eigenvalue weighted by Gasteiger charge is -2.22. The molecule has 27 heavy (non-hydrogen) atoms. The van der Waals surface area contributed by atoms with E-state index in [1.807, 2.05) is 35.2 Å². The first-order valence-electron chi connectivity index (χ1n) is 9.11. The average Bonchev–Trinajstić information content (AvgIpc) is 3.43. The molecule has 1 aliphatic carbocycles. The summed E-state index contributed by atoms with van der Waals surface area (Å²) in [5.41, 5.74) is 1.99. The Balaban J connectivity index is 1.37. The number of aryl methyl sites for hydroxylation is 1. The Hall–Kier alpha value is -2.66. The Morgan fingerprint density at radius 3 is 2.56 bits per heavy atom. The van der Waals surface area contributed by atoms with Crippen LogP contribution in [0.3, 0.4) is 0 Å². The van der Waals surface area contributed by atoms with Crippen LogP contribution in [0.4, 0.5) is 0 Å². The number of carbonyl (C=O) groups excluding carboxylic acids is 1. The minimum absolute atomic E-state index is 0.132. The molecule has 138 valence electrons. The van der Waals surface area contributed by atoms with E-state index < -0.39 is 0 Å². The molecule has 2 aromatic carbocycles. The number of hydrogen-bond donors (Lipinski definition) is 0. The van der Waals surface area contributed by atoms with Gasteiger partial charge in [0.25, 0.3) is 0 Å². The molecule has 0 N–H and O–H groups in total. The van der Waals surface area contributed by atoms with Crippen molar-refractivity contribution in [1.82, 2.24) is 15.0 Å². The van der Waals surface area contributed by atoms with E-state index in [0.717, 1.165) is 24.0 Å². The van der Waals surface area contributed by atoms with Crippen LogP contribution in [-0.2, 0) is 17.8 Å². The second-order valence-electron chi connectivity index (χ2n) is 6.76. The number of amides is 1. The van der Waals surface area contributed by atoms with Crippen molar-refractivity contribution in [2.45, 2.75) is 38.3 Å². The van der Waals surface area contributed by atoms with E-state index in [4.69, 9.17) is 16.1 Å². The highest BCUT2D eigenvalue weighted by atomic mass is 35.5. The Morgan fingerprint density at radius 2 is 1.85 bits per heavy atom. The summed E-state index contributed by atoms with van der Waals surface area (Å²) >= 11 is 5.90. The van der Waals surface area contributed by atoms with Gasteiger partial charge in [0.2, 0.25) is 17.6 Å². The van der Waals surface area contributed by atoms with Crippen LogP contribution in [0.2, 0.25) is 5.02 Å². The highest BCUT2D eigenvalue weighted by molar-refractivity contribution is 6.30. The minimum atomic E-state index is 0.132. The summed E-state index contributed by atoms with van der Waals surface area (Å²) < 4.78 is 5.31. The molecule has 5 nitrogen and oxygen atoms in total. The molecule has 6 heteroatoms. The number of hydrogen-bond acceptors (Lipinski definition) is 4. The van der Waals surface area contributed by atoms with Crippen LogP contribution in [0, 0.1) is 0 Å². The van der Waals surface area contributed by atoms with Gasteiger partial charge in [-0.1, -0.05) is 47.1 Å².